The van der Waals surface area contributed by atoms with E-state index in [0.29, 0.717) is 0 Å². The summed E-state index contributed by atoms with van der Waals surface area (Å²) in [6, 6.07) is 23.5. The summed E-state index contributed by atoms with van der Waals surface area (Å²) >= 11 is 3.54. The number of halogens is 1. The molecule has 1 atom stereocenters. The van der Waals surface area contributed by atoms with Crippen molar-refractivity contribution < 1.29 is 14.3 Å². The summed E-state index contributed by atoms with van der Waals surface area (Å²) in [6.45, 7) is 0.234. The first-order valence-electron chi connectivity index (χ1n) is 9.58. The number of nitrogens with zero attached hydrogens (tertiary/aromatic N) is 1. The zero-order valence-corrected chi connectivity index (χ0v) is 17.8. The van der Waals surface area contributed by atoms with E-state index in [1.54, 1.807) is 12.0 Å². The predicted molar refractivity (Wildman–Crippen MR) is 117 cm³/mol. The third-order valence-electron chi connectivity index (χ3n) is 5.21. The van der Waals surface area contributed by atoms with Gasteiger partial charge in [0.05, 0.1) is 18.8 Å². The van der Waals surface area contributed by atoms with Gasteiger partial charge in [-0.1, -0.05) is 70.5 Å². The van der Waals surface area contributed by atoms with Crippen LogP contribution in [-0.4, -0.2) is 13.2 Å². The Hall–Kier alpha value is -2.79. The normalized spacial score (nSPS) is 15.5. The van der Waals surface area contributed by atoms with Gasteiger partial charge >= 0.3 is 6.09 Å². The molecule has 1 heterocycles. The van der Waals surface area contributed by atoms with Crippen molar-refractivity contribution >= 4 is 27.7 Å². The van der Waals surface area contributed by atoms with E-state index in [-0.39, 0.29) is 18.7 Å². The lowest BCUT2D eigenvalue weighted by Gasteiger charge is -2.37. The highest BCUT2D eigenvalue weighted by molar-refractivity contribution is 9.10. The van der Waals surface area contributed by atoms with Crippen molar-refractivity contribution in [2.45, 2.75) is 25.5 Å². The molecule has 1 unspecified atom stereocenters. The zero-order valence-electron chi connectivity index (χ0n) is 16.2. The summed E-state index contributed by atoms with van der Waals surface area (Å²) in [4.78, 5) is 15.0. The quantitative estimate of drug-likeness (QED) is 0.467. The largest absolute Gasteiger partial charge is 0.496 e. The van der Waals surface area contributed by atoms with Gasteiger partial charge in [-0.3, -0.25) is 4.90 Å². The summed E-state index contributed by atoms with van der Waals surface area (Å²) in [5.74, 6) is 0.775. The minimum atomic E-state index is -0.358. The summed E-state index contributed by atoms with van der Waals surface area (Å²) < 4.78 is 12.2. The van der Waals surface area contributed by atoms with Crippen LogP contribution < -0.4 is 9.64 Å². The topological polar surface area (TPSA) is 38.8 Å². The van der Waals surface area contributed by atoms with Gasteiger partial charge in [-0.15, -0.1) is 0 Å². The molecule has 0 saturated heterocycles. The molecule has 4 nitrogen and oxygen atoms in total. The van der Waals surface area contributed by atoms with Crippen LogP contribution in [0.5, 0.6) is 5.75 Å². The monoisotopic (exact) mass is 451 g/mol. The molecular formula is C24H22BrNO3. The second-order valence-electron chi connectivity index (χ2n) is 6.98. The Morgan fingerprint density at radius 3 is 2.62 bits per heavy atom. The number of carbonyl (C=O) groups is 1. The Balaban J connectivity index is 1.70. The molecule has 4 rings (SSSR count). The molecule has 3 aromatic rings. The molecule has 0 fully saturated rings. The second kappa shape index (κ2) is 8.70. The average Bonchev–Trinajstić information content (AvgIpc) is 2.77. The SMILES string of the molecule is COc1ccccc1C1CCc2ccc(Br)cc2N1C(=O)OCc1ccccc1. The fraction of sp³-hybridized carbons (Fsp3) is 0.208. The van der Waals surface area contributed by atoms with Crippen LogP contribution in [0.25, 0.3) is 0 Å². The Bertz CT molecular complexity index is 1010. The molecule has 3 aromatic carbocycles. The first kappa shape index (κ1) is 19.5. The number of benzene rings is 3. The van der Waals surface area contributed by atoms with Crippen molar-refractivity contribution in [1.29, 1.82) is 0 Å². The van der Waals surface area contributed by atoms with E-state index < -0.39 is 0 Å². The molecule has 1 amide bonds. The number of methoxy groups -OCH3 is 1. The van der Waals surface area contributed by atoms with Crippen molar-refractivity contribution in [3.8, 4) is 5.75 Å². The van der Waals surface area contributed by atoms with E-state index in [9.17, 15) is 4.79 Å². The van der Waals surface area contributed by atoms with Crippen molar-refractivity contribution in [2.75, 3.05) is 12.0 Å². The van der Waals surface area contributed by atoms with Gasteiger partial charge in [-0.25, -0.2) is 4.79 Å². The maximum Gasteiger partial charge on any atom is 0.415 e. The number of rotatable bonds is 4. The molecule has 29 heavy (non-hydrogen) atoms. The molecule has 0 spiro atoms. The minimum absolute atomic E-state index is 0.156. The number of fused-ring (bicyclic) bond motifs is 1. The Kier molecular flexibility index (Phi) is 5.86. The number of aryl methyl sites for hydroxylation is 1. The standard InChI is InChI=1S/C24H22BrNO3/c1-28-23-10-6-5-9-20(23)21-14-12-18-11-13-19(25)15-22(18)26(21)24(27)29-16-17-7-3-2-4-8-17/h2-11,13,15,21H,12,14,16H2,1H3. The highest BCUT2D eigenvalue weighted by Crippen LogP contribution is 2.42. The van der Waals surface area contributed by atoms with Gasteiger partial charge in [-0.2, -0.15) is 0 Å². The summed E-state index contributed by atoms with van der Waals surface area (Å²) in [5.41, 5.74) is 3.95. The Morgan fingerprint density at radius 1 is 1.07 bits per heavy atom. The molecule has 0 aromatic heterocycles. The maximum absolute atomic E-state index is 13.3. The molecule has 0 aliphatic carbocycles. The van der Waals surface area contributed by atoms with E-state index in [4.69, 9.17) is 9.47 Å². The van der Waals surface area contributed by atoms with E-state index in [0.717, 1.165) is 45.4 Å². The lowest BCUT2D eigenvalue weighted by atomic mass is 9.91. The lowest BCUT2D eigenvalue weighted by molar-refractivity contribution is 0.143. The third kappa shape index (κ3) is 4.15. The summed E-state index contributed by atoms with van der Waals surface area (Å²) in [6.07, 6.45) is 1.33. The molecule has 0 N–H and O–H groups in total. The molecule has 5 heteroatoms. The Labute approximate surface area is 179 Å². The molecular weight excluding hydrogens is 430 g/mol. The minimum Gasteiger partial charge on any atom is -0.496 e. The van der Waals surface area contributed by atoms with Crippen LogP contribution in [0.15, 0.2) is 77.3 Å². The number of hydrogen-bond donors (Lipinski definition) is 0. The van der Waals surface area contributed by atoms with E-state index in [1.807, 2.05) is 66.7 Å². The van der Waals surface area contributed by atoms with Crippen LogP contribution >= 0.6 is 15.9 Å². The number of amides is 1. The van der Waals surface area contributed by atoms with Gasteiger partial charge < -0.3 is 9.47 Å². The fourth-order valence-corrected chi connectivity index (χ4v) is 4.16. The van der Waals surface area contributed by atoms with Gasteiger partial charge in [0.2, 0.25) is 0 Å². The zero-order chi connectivity index (χ0) is 20.2. The Morgan fingerprint density at radius 2 is 1.83 bits per heavy atom. The second-order valence-corrected chi connectivity index (χ2v) is 7.90. The number of ether oxygens (including phenoxy) is 2. The van der Waals surface area contributed by atoms with E-state index in [2.05, 4.69) is 22.0 Å². The predicted octanol–water partition coefficient (Wildman–Crippen LogP) is 6.29. The van der Waals surface area contributed by atoms with Crippen LogP contribution in [0, 0.1) is 0 Å². The van der Waals surface area contributed by atoms with Gasteiger partial charge in [0.1, 0.15) is 12.4 Å². The lowest BCUT2D eigenvalue weighted by Crippen LogP contribution is -2.39. The van der Waals surface area contributed by atoms with Crippen molar-refractivity contribution in [3.05, 3.63) is 94.0 Å². The molecule has 0 radical (unpaired) electrons. The van der Waals surface area contributed by atoms with Crippen LogP contribution in [0.3, 0.4) is 0 Å². The van der Waals surface area contributed by atoms with Crippen molar-refractivity contribution in [3.63, 3.8) is 0 Å². The summed E-state index contributed by atoms with van der Waals surface area (Å²) in [5, 5.41) is 0. The van der Waals surface area contributed by atoms with Gasteiger partial charge in [0, 0.05) is 10.0 Å². The van der Waals surface area contributed by atoms with E-state index >= 15 is 0 Å². The van der Waals surface area contributed by atoms with E-state index in [1.165, 1.54) is 0 Å². The number of anilines is 1. The molecule has 0 saturated carbocycles. The molecule has 0 bridgehead atoms. The van der Waals surface area contributed by atoms with Crippen LogP contribution in [-0.2, 0) is 17.8 Å². The van der Waals surface area contributed by atoms with Crippen LogP contribution in [0.4, 0.5) is 10.5 Å². The van der Waals surface area contributed by atoms with Crippen molar-refractivity contribution in [2.24, 2.45) is 0 Å². The number of hydrogen-bond acceptors (Lipinski definition) is 3. The molecule has 1 aliphatic heterocycles. The average molecular weight is 452 g/mol. The number of para-hydroxylation sites is 1. The smallest absolute Gasteiger partial charge is 0.415 e. The van der Waals surface area contributed by atoms with Gasteiger partial charge in [0.15, 0.2) is 0 Å². The van der Waals surface area contributed by atoms with Crippen molar-refractivity contribution in [1.82, 2.24) is 0 Å². The number of carbonyl (C=O) groups excluding carboxylic acids is 1. The highest BCUT2D eigenvalue weighted by Gasteiger charge is 2.34. The fourth-order valence-electron chi connectivity index (χ4n) is 3.81. The molecule has 1 aliphatic rings. The summed E-state index contributed by atoms with van der Waals surface area (Å²) in [7, 11) is 1.66. The third-order valence-corrected chi connectivity index (χ3v) is 5.70. The highest BCUT2D eigenvalue weighted by atomic mass is 79.9. The maximum atomic E-state index is 13.3. The first-order chi connectivity index (χ1) is 14.2. The molecule has 148 valence electrons. The van der Waals surface area contributed by atoms with Gasteiger partial charge in [0.25, 0.3) is 0 Å². The van der Waals surface area contributed by atoms with Crippen LogP contribution in [0.1, 0.15) is 29.2 Å². The first-order valence-corrected chi connectivity index (χ1v) is 10.4. The van der Waals surface area contributed by atoms with Gasteiger partial charge in [-0.05, 0) is 42.2 Å². The van der Waals surface area contributed by atoms with Crippen LogP contribution in [0.2, 0.25) is 0 Å².